The summed E-state index contributed by atoms with van der Waals surface area (Å²) in [4.78, 5) is 22.3. The quantitative estimate of drug-likeness (QED) is 0.911. The number of rotatable bonds is 5. The molecule has 0 saturated heterocycles. The molecular weight excluding hydrogens is 302 g/mol. The van der Waals surface area contributed by atoms with Gasteiger partial charge < -0.3 is 10.0 Å². The summed E-state index contributed by atoms with van der Waals surface area (Å²) in [5, 5.41) is 10.1. The number of nitrogens with zero attached hydrogens (tertiary/aromatic N) is 3. The van der Waals surface area contributed by atoms with Gasteiger partial charge in [0.15, 0.2) is 5.82 Å². The van der Waals surface area contributed by atoms with Crippen LogP contribution in [-0.4, -0.2) is 34.1 Å². The summed E-state index contributed by atoms with van der Waals surface area (Å²) in [6.07, 6.45) is 0. The van der Waals surface area contributed by atoms with Crippen LogP contribution in [0.5, 0.6) is 0 Å². The Bertz CT molecular complexity index is 683. The van der Waals surface area contributed by atoms with Crippen LogP contribution < -0.4 is 4.90 Å². The lowest BCUT2D eigenvalue weighted by Gasteiger charge is -2.23. The van der Waals surface area contributed by atoms with Gasteiger partial charge in [-0.3, -0.25) is 0 Å². The number of anilines is 1. The van der Waals surface area contributed by atoms with E-state index in [0.29, 0.717) is 35.4 Å². The van der Waals surface area contributed by atoms with Gasteiger partial charge in [0.2, 0.25) is 0 Å². The van der Waals surface area contributed by atoms with Crippen LogP contribution >= 0.6 is 11.6 Å². The molecule has 0 atom stereocenters. The number of carboxylic acid groups (broad SMARTS) is 1. The minimum Gasteiger partial charge on any atom is -0.477 e. The number of carbonyl (C=O) groups is 1. The molecule has 1 N–H and O–H groups in total. The molecule has 22 heavy (non-hydrogen) atoms. The Hall–Kier alpha value is -2.14. The fourth-order valence-electron chi connectivity index (χ4n) is 2.29. The number of aromatic carboxylic acids is 1. The zero-order valence-electron chi connectivity index (χ0n) is 12.8. The lowest BCUT2D eigenvalue weighted by Crippen LogP contribution is -2.26. The van der Waals surface area contributed by atoms with Crippen molar-refractivity contribution in [3.8, 4) is 11.4 Å². The molecule has 1 aromatic carbocycles. The van der Waals surface area contributed by atoms with Crippen molar-refractivity contribution in [2.45, 2.75) is 20.8 Å². The average Bonchev–Trinajstić information content (AvgIpc) is 2.48. The van der Waals surface area contributed by atoms with Crippen molar-refractivity contribution in [1.82, 2.24) is 9.97 Å². The third-order valence-electron chi connectivity index (χ3n) is 3.45. The summed E-state index contributed by atoms with van der Waals surface area (Å²) in [6.45, 7) is 6.97. The predicted molar refractivity (Wildman–Crippen MR) is 87.7 cm³/mol. The Kier molecular flexibility index (Phi) is 4.98. The minimum atomic E-state index is -1.01. The zero-order chi connectivity index (χ0) is 16.3. The molecule has 2 aromatic rings. The van der Waals surface area contributed by atoms with Crippen molar-refractivity contribution in [3.63, 3.8) is 0 Å². The lowest BCUT2D eigenvalue weighted by molar-refractivity contribution is 0.0696. The van der Waals surface area contributed by atoms with Crippen LogP contribution in [-0.2, 0) is 0 Å². The van der Waals surface area contributed by atoms with E-state index in [4.69, 9.17) is 11.6 Å². The van der Waals surface area contributed by atoms with Crippen LogP contribution in [0.4, 0.5) is 5.82 Å². The molecule has 0 amide bonds. The van der Waals surface area contributed by atoms with E-state index in [9.17, 15) is 9.90 Å². The van der Waals surface area contributed by atoms with Gasteiger partial charge >= 0.3 is 5.97 Å². The Morgan fingerprint density at radius 1 is 1.18 bits per heavy atom. The van der Waals surface area contributed by atoms with Gasteiger partial charge in [-0.05, 0) is 45.0 Å². The molecule has 0 bridgehead atoms. The smallest absolute Gasteiger partial charge is 0.341 e. The van der Waals surface area contributed by atoms with Gasteiger partial charge in [0.1, 0.15) is 11.4 Å². The molecule has 116 valence electrons. The predicted octanol–water partition coefficient (Wildman–Crippen LogP) is 3.65. The number of aromatic nitrogens is 2. The fraction of sp³-hybridized carbons (Fsp3) is 0.312. The second-order valence-electron chi connectivity index (χ2n) is 4.82. The maximum atomic E-state index is 11.5. The fourth-order valence-corrected chi connectivity index (χ4v) is 2.41. The molecule has 0 fully saturated rings. The molecule has 0 radical (unpaired) electrons. The third kappa shape index (κ3) is 3.20. The number of hydrogen-bond donors (Lipinski definition) is 1. The van der Waals surface area contributed by atoms with Gasteiger partial charge in [0.05, 0.1) is 5.69 Å². The first-order chi connectivity index (χ1) is 10.5. The number of halogens is 1. The molecule has 2 rings (SSSR count). The Labute approximate surface area is 134 Å². The number of carboxylic acids is 1. The summed E-state index contributed by atoms with van der Waals surface area (Å²) >= 11 is 5.90. The molecule has 5 nitrogen and oxygen atoms in total. The third-order valence-corrected chi connectivity index (χ3v) is 3.70. The summed E-state index contributed by atoms with van der Waals surface area (Å²) in [6, 6.07) is 7.17. The highest BCUT2D eigenvalue weighted by Crippen LogP contribution is 2.26. The first kappa shape index (κ1) is 16.2. The molecule has 1 aromatic heterocycles. The van der Waals surface area contributed by atoms with Gasteiger partial charge in [0, 0.05) is 23.7 Å². The van der Waals surface area contributed by atoms with Crippen LogP contribution in [0.15, 0.2) is 24.3 Å². The second kappa shape index (κ2) is 6.75. The van der Waals surface area contributed by atoms with Crippen molar-refractivity contribution in [3.05, 3.63) is 40.5 Å². The summed E-state index contributed by atoms with van der Waals surface area (Å²) in [7, 11) is 0. The Morgan fingerprint density at radius 2 is 1.77 bits per heavy atom. The molecule has 0 aliphatic heterocycles. The highest BCUT2D eigenvalue weighted by atomic mass is 35.5. The second-order valence-corrected chi connectivity index (χ2v) is 5.25. The van der Waals surface area contributed by atoms with Gasteiger partial charge in [-0.2, -0.15) is 0 Å². The maximum Gasteiger partial charge on any atom is 0.341 e. The van der Waals surface area contributed by atoms with Crippen molar-refractivity contribution in [1.29, 1.82) is 0 Å². The lowest BCUT2D eigenvalue weighted by atomic mass is 10.1. The van der Waals surface area contributed by atoms with E-state index in [0.717, 1.165) is 5.56 Å². The van der Waals surface area contributed by atoms with E-state index in [2.05, 4.69) is 9.97 Å². The average molecular weight is 320 g/mol. The summed E-state index contributed by atoms with van der Waals surface area (Å²) in [5.41, 5.74) is 1.41. The summed E-state index contributed by atoms with van der Waals surface area (Å²) in [5.74, 6) is -0.0573. The highest BCUT2D eigenvalue weighted by molar-refractivity contribution is 6.30. The van der Waals surface area contributed by atoms with Crippen LogP contribution in [0.1, 0.15) is 29.9 Å². The van der Waals surface area contributed by atoms with Crippen molar-refractivity contribution < 1.29 is 9.90 Å². The van der Waals surface area contributed by atoms with Crippen molar-refractivity contribution in [2.24, 2.45) is 0 Å². The monoisotopic (exact) mass is 319 g/mol. The van der Waals surface area contributed by atoms with E-state index >= 15 is 0 Å². The van der Waals surface area contributed by atoms with E-state index in [-0.39, 0.29) is 5.56 Å². The largest absolute Gasteiger partial charge is 0.477 e. The molecule has 0 aliphatic rings. The molecular formula is C16H18ClN3O2. The van der Waals surface area contributed by atoms with Crippen LogP contribution in [0.2, 0.25) is 5.02 Å². The van der Waals surface area contributed by atoms with E-state index < -0.39 is 5.97 Å². The molecule has 0 saturated carbocycles. The zero-order valence-corrected chi connectivity index (χ0v) is 13.6. The Balaban J connectivity index is 2.63. The van der Waals surface area contributed by atoms with Gasteiger partial charge in [-0.1, -0.05) is 11.6 Å². The first-order valence-corrected chi connectivity index (χ1v) is 7.48. The first-order valence-electron chi connectivity index (χ1n) is 7.10. The standard InChI is InChI=1S/C16H18ClN3O2/c1-4-20(5-2)15-13(16(21)22)10(3)18-14(19-15)11-6-8-12(17)9-7-11/h6-9H,4-5H2,1-3H3,(H,21,22). The molecule has 1 heterocycles. The topological polar surface area (TPSA) is 66.3 Å². The van der Waals surface area contributed by atoms with Crippen LogP contribution in [0.3, 0.4) is 0 Å². The normalized spacial score (nSPS) is 10.5. The van der Waals surface area contributed by atoms with Gasteiger partial charge in [0.25, 0.3) is 0 Å². The van der Waals surface area contributed by atoms with Crippen LogP contribution in [0, 0.1) is 6.92 Å². The molecule has 0 aliphatic carbocycles. The van der Waals surface area contributed by atoms with Crippen LogP contribution in [0.25, 0.3) is 11.4 Å². The van der Waals surface area contributed by atoms with Crippen molar-refractivity contribution >= 4 is 23.4 Å². The maximum absolute atomic E-state index is 11.5. The van der Waals surface area contributed by atoms with Gasteiger partial charge in [-0.25, -0.2) is 14.8 Å². The summed E-state index contributed by atoms with van der Waals surface area (Å²) < 4.78 is 0. The number of benzene rings is 1. The molecule has 0 spiro atoms. The van der Waals surface area contributed by atoms with E-state index in [1.165, 1.54) is 0 Å². The molecule has 0 unspecified atom stereocenters. The van der Waals surface area contributed by atoms with Gasteiger partial charge in [-0.15, -0.1) is 0 Å². The number of hydrogen-bond acceptors (Lipinski definition) is 4. The highest BCUT2D eigenvalue weighted by Gasteiger charge is 2.21. The van der Waals surface area contributed by atoms with E-state index in [1.807, 2.05) is 30.9 Å². The van der Waals surface area contributed by atoms with Crippen molar-refractivity contribution in [2.75, 3.05) is 18.0 Å². The molecule has 6 heteroatoms. The van der Waals surface area contributed by atoms with E-state index in [1.54, 1.807) is 19.1 Å². The number of aryl methyl sites for hydroxylation is 1. The SMILES string of the molecule is CCN(CC)c1nc(-c2ccc(Cl)cc2)nc(C)c1C(=O)O. The Morgan fingerprint density at radius 3 is 2.27 bits per heavy atom. The minimum absolute atomic E-state index is 0.154.